The average molecular weight is 270 g/mol. The van der Waals surface area contributed by atoms with Crippen molar-refractivity contribution >= 4 is 0 Å². The zero-order chi connectivity index (χ0) is 14.4. The summed E-state index contributed by atoms with van der Waals surface area (Å²) in [6, 6.07) is 16.2. The largest absolute Gasteiger partial charge is 0.494 e. The monoisotopic (exact) mass is 270 g/mol. The molecule has 0 amide bonds. The van der Waals surface area contributed by atoms with Crippen molar-refractivity contribution in [1.29, 1.82) is 0 Å². The normalized spacial score (nSPS) is 12.2. The summed E-state index contributed by atoms with van der Waals surface area (Å²) in [5, 5.41) is 9.51. The van der Waals surface area contributed by atoms with Crippen molar-refractivity contribution in [3.8, 4) is 16.9 Å². The van der Waals surface area contributed by atoms with Crippen LogP contribution in [0.15, 0.2) is 48.5 Å². The Bertz CT molecular complexity index is 512. The van der Waals surface area contributed by atoms with Crippen LogP contribution in [0.25, 0.3) is 11.1 Å². The zero-order valence-corrected chi connectivity index (χ0v) is 12.2. The van der Waals surface area contributed by atoms with Gasteiger partial charge in [0.2, 0.25) is 0 Å². The van der Waals surface area contributed by atoms with Crippen LogP contribution >= 0.6 is 0 Å². The lowest BCUT2D eigenvalue weighted by Crippen LogP contribution is -1.96. The summed E-state index contributed by atoms with van der Waals surface area (Å²) in [6.07, 6.45) is 1.81. The lowest BCUT2D eigenvalue weighted by atomic mass is 10.0. The van der Waals surface area contributed by atoms with Crippen LogP contribution < -0.4 is 4.74 Å². The van der Waals surface area contributed by atoms with E-state index < -0.39 is 6.10 Å². The lowest BCUT2D eigenvalue weighted by Gasteiger charge is -2.08. The first-order valence-electron chi connectivity index (χ1n) is 7.22. The average Bonchev–Trinajstić information content (AvgIpc) is 2.48. The third-order valence-electron chi connectivity index (χ3n) is 3.35. The summed E-state index contributed by atoms with van der Waals surface area (Å²) in [5.41, 5.74) is 3.24. The maximum atomic E-state index is 9.51. The van der Waals surface area contributed by atoms with Gasteiger partial charge < -0.3 is 9.84 Å². The SMILES string of the molecule is CCCCOc1ccc(-c2ccc(C(C)O)cc2)cc1. The maximum Gasteiger partial charge on any atom is 0.119 e. The molecule has 2 aromatic rings. The van der Waals surface area contributed by atoms with Crippen molar-refractivity contribution in [2.75, 3.05) is 6.61 Å². The highest BCUT2D eigenvalue weighted by Crippen LogP contribution is 2.24. The zero-order valence-electron chi connectivity index (χ0n) is 12.2. The fraction of sp³-hybridized carbons (Fsp3) is 0.333. The van der Waals surface area contributed by atoms with Crippen LogP contribution in [0.5, 0.6) is 5.75 Å². The summed E-state index contributed by atoms with van der Waals surface area (Å²) in [4.78, 5) is 0. The lowest BCUT2D eigenvalue weighted by molar-refractivity contribution is 0.199. The standard InChI is InChI=1S/C18H22O2/c1-3-4-13-20-18-11-9-17(10-12-18)16-7-5-15(6-8-16)14(2)19/h5-12,14,19H,3-4,13H2,1-2H3. The molecule has 0 aliphatic heterocycles. The minimum absolute atomic E-state index is 0.418. The van der Waals surface area contributed by atoms with Crippen molar-refractivity contribution in [3.05, 3.63) is 54.1 Å². The molecule has 2 heteroatoms. The third-order valence-corrected chi connectivity index (χ3v) is 3.35. The molecule has 0 spiro atoms. The van der Waals surface area contributed by atoms with Crippen LogP contribution in [0.2, 0.25) is 0 Å². The fourth-order valence-electron chi connectivity index (χ4n) is 2.03. The molecule has 0 bridgehead atoms. The molecule has 0 aromatic heterocycles. The van der Waals surface area contributed by atoms with Gasteiger partial charge in [-0.05, 0) is 42.2 Å². The Morgan fingerprint density at radius 2 is 1.50 bits per heavy atom. The van der Waals surface area contributed by atoms with E-state index in [2.05, 4.69) is 19.1 Å². The van der Waals surface area contributed by atoms with Gasteiger partial charge in [0.25, 0.3) is 0 Å². The highest BCUT2D eigenvalue weighted by atomic mass is 16.5. The van der Waals surface area contributed by atoms with E-state index in [0.29, 0.717) is 0 Å². The second-order valence-corrected chi connectivity index (χ2v) is 5.02. The summed E-state index contributed by atoms with van der Waals surface area (Å²) in [6.45, 7) is 4.71. The molecule has 0 saturated heterocycles. The van der Waals surface area contributed by atoms with Gasteiger partial charge in [-0.25, -0.2) is 0 Å². The molecule has 2 nitrogen and oxygen atoms in total. The molecule has 106 valence electrons. The van der Waals surface area contributed by atoms with Crippen LogP contribution in [-0.4, -0.2) is 11.7 Å². The number of ether oxygens (including phenoxy) is 1. The van der Waals surface area contributed by atoms with Gasteiger partial charge in [-0.15, -0.1) is 0 Å². The Kier molecular flexibility index (Phi) is 5.19. The van der Waals surface area contributed by atoms with E-state index in [1.165, 1.54) is 0 Å². The van der Waals surface area contributed by atoms with E-state index in [1.807, 2.05) is 36.4 Å². The number of aliphatic hydroxyl groups excluding tert-OH is 1. The Morgan fingerprint density at radius 3 is 2.00 bits per heavy atom. The quantitative estimate of drug-likeness (QED) is 0.778. The molecule has 1 atom stereocenters. The highest BCUT2D eigenvalue weighted by molar-refractivity contribution is 5.64. The van der Waals surface area contributed by atoms with Crippen molar-refractivity contribution in [1.82, 2.24) is 0 Å². The molecular formula is C18H22O2. The molecule has 1 N–H and O–H groups in total. The van der Waals surface area contributed by atoms with E-state index in [0.717, 1.165) is 41.9 Å². The number of hydrogen-bond donors (Lipinski definition) is 1. The summed E-state index contributed by atoms with van der Waals surface area (Å²) in [7, 11) is 0. The molecule has 0 aliphatic rings. The smallest absolute Gasteiger partial charge is 0.119 e. The molecular weight excluding hydrogens is 248 g/mol. The highest BCUT2D eigenvalue weighted by Gasteiger charge is 2.02. The minimum atomic E-state index is -0.418. The second kappa shape index (κ2) is 7.11. The molecule has 2 rings (SSSR count). The minimum Gasteiger partial charge on any atom is -0.494 e. The predicted octanol–water partition coefficient (Wildman–Crippen LogP) is 4.59. The van der Waals surface area contributed by atoms with Gasteiger partial charge in [0.1, 0.15) is 5.75 Å². The molecule has 1 unspecified atom stereocenters. The maximum absolute atomic E-state index is 9.51. The number of aliphatic hydroxyl groups is 1. The summed E-state index contributed by atoms with van der Waals surface area (Å²) < 4.78 is 5.65. The van der Waals surface area contributed by atoms with Crippen LogP contribution in [0.1, 0.15) is 38.4 Å². The Morgan fingerprint density at radius 1 is 0.950 bits per heavy atom. The van der Waals surface area contributed by atoms with Gasteiger partial charge in [0.15, 0.2) is 0 Å². The Balaban J connectivity index is 2.05. The summed E-state index contributed by atoms with van der Waals surface area (Å²) in [5.74, 6) is 0.919. The number of benzene rings is 2. The molecule has 2 aromatic carbocycles. The number of rotatable bonds is 6. The topological polar surface area (TPSA) is 29.5 Å². The van der Waals surface area contributed by atoms with E-state index in [4.69, 9.17) is 4.74 Å². The fourth-order valence-corrected chi connectivity index (χ4v) is 2.03. The van der Waals surface area contributed by atoms with Crippen molar-refractivity contribution in [2.45, 2.75) is 32.8 Å². The molecule has 0 heterocycles. The number of hydrogen-bond acceptors (Lipinski definition) is 2. The first kappa shape index (κ1) is 14.6. The van der Waals surface area contributed by atoms with Crippen molar-refractivity contribution < 1.29 is 9.84 Å². The van der Waals surface area contributed by atoms with Crippen LogP contribution in [0, 0.1) is 0 Å². The van der Waals surface area contributed by atoms with E-state index >= 15 is 0 Å². The first-order valence-corrected chi connectivity index (χ1v) is 7.22. The van der Waals surface area contributed by atoms with Crippen LogP contribution in [0.4, 0.5) is 0 Å². The van der Waals surface area contributed by atoms with Gasteiger partial charge in [-0.2, -0.15) is 0 Å². The Hall–Kier alpha value is -1.80. The van der Waals surface area contributed by atoms with Crippen LogP contribution in [0.3, 0.4) is 0 Å². The molecule has 0 aliphatic carbocycles. The second-order valence-electron chi connectivity index (χ2n) is 5.02. The molecule has 0 saturated carbocycles. The van der Waals surface area contributed by atoms with Crippen molar-refractivity contribution in [2.24, 2.45) is 0 Å². The van der Waals surface area contributed by atoms with Gasteiger partial charge >= 0.3 is 0 Å². The third kappa shape index (κ3) is 3.84. The van der Waals surface area contributed by atoms with E-state index in [-0.39, 0.29) is 0 Å². The van der Waals surface area contributed by atoms with Crippen LogP contribution in [-0.2, 0) is 0 Å². The van der Waals surface area contributed by atoms with E-state index in [9.17, 15) is 5.11 Å². The van der Waals surface area contributed by atoms with Crippen molar-refractivity contribution in [3.63, 3.8) is 0 Å². The van der Waals surface area contributed by atoms with Gasteiger partial charge in [0, 0.05) is 0 Å². The molecule has 0 fully saturated rings. The molecule has 0 radical (unpaired) electrons. The van der Waals surface area contributed by atoms with Gasteiger partial charge in [-0.1, -0.05) is 49.7 Å². The summed E-state index contributed by atoms with van der Waals surface area (Å²) >= 11 is 0. The van der Waals surface area contributed by atoms with E-state index in [1.54, 1.807) is 6.92 Å². The first-order chi connectivity index (χ1) is 9.70. The van der Waals surface area contributed by atoms with Gasteiger partial charge in [0.05, 0.1) is 12.7 Å². The number of unbranched alkanes of at least 4 members (excludes halogenated alkanes) is 1. The Labute approximate surface area is 121 Å². The predicted molar refractivity (Wildman–Crippen MR) is 82.9 cm³/mol. The van der Waals surface area contributed by atoms with Gasteiger partial charge in [-0.3, -0.25) is 0 Å². The molecule has 20 heavy (non-hydrogen) atoms.